The molecule has 4 nitrogen and oxygen atoms in total. The van der Waals surface area contributed by atoms with Crippen molar-refractivity contribution in [2.75, 3.05) is 0 Å². The number of hydroxylamine groups is 2. The van der Waals surface area contributed by atoms with Crippen LogP contribution in [0.4, 0.5) is 0 Å². The lowest BCUT2D eigenvalue weighted by molar-refractivity contribution is -0.149. The van der Waals surface area contributed by atoms with E-state index in [1.54, 1.807) is 0 Å². The number of carbonyl (C=O) groups excluding carboxylic acids is 2. The Hall–Kier alpha value is -1.68. The van der Waals surface area contributed by atoms with Crippen LogP contribution >= 0.6 is 0 Å². The van der Waals surface area contributed by atoms with Crippen LogP contribution in [0.25, 0.3) is 0 Å². The number of imide groups is 1. The molecule has 0 unspecified atom stereocenters. The number of rotatable bonds is 4. The number of hydrogen-bond donors (Lipinski definition) is 1. The topological polar surface area (TPSA) is 57.6 Å². The standard InChI is InChI=1S/C10H10NO3/c12-8-11(14)10(13)7-6-9-4-2-1-3-5-9/h1-5,14H,6-7H2. The van der Waals surface area contributed by atoms with E-state index in [0.717, 1.165) is 12.0 Å². The van der Waals surface area contributed by atoms with Crippen molar-refractivity contribution in [2.45, 2.75) is 12.8 Å². The summed E-state index contributed by atoms with van der Waals surface area (Å²) in [4.78, 5) is 20.8. The minimum absolute atomic E-state index is 0.0526. The minimum Gasteiger partial charge on any atom is -0.278 e. The zero-order valence-corrected chi connectivity index (χ0v) is 7.51. The third-order valence-corrected chi connectivity index (χ3v) is 1.79. The Morgan fingerprint density at radius 3 is 2.57 bits per heavy atom. The summed E-state index contributed by atoms with van der Waals surface area (Å²) in [5.74, 6) is -0.649. The van der Waals surface area contributed by atoms with Gasteiger partial charge in [0, 0.05) is 6.42 Å². The molecule has 0 aliphatic heterocycles. The molecule has 0 aromatic heterocycles. The lowest BCUT2D eigenvalue weighted by atomic mass is 10.1. The van der Waals surface area contributed by atoms with E-state index in [1.807, 2.05) is 30.3 Å². The Kier molecular flexibility index (Phi) is 3.82. The fourth-order valence-corrected chi connectivity index (χ4v) is 1.05. The Balaban J connectivity index is 2.42. The van der Waals surface area contributed by atoms with E-state index in [0.29, 0.717) is 6.42 Å². The maximum atomic E-state index is 11.0. The first-order valence-electron chi connectivity index (χ1n) is 4.17. The van der Waals surface area contributed by atoms with Crippen LogP contribution in [0.1, 0.15) is 12.0 Å². The zero-order chi connectivity index (χ0) is 10.4. The van der Waals surface area contributed by atoms with Gasteiger partial charge >= 0.3 is 6.41 Å². The van der Waals surface area contributed by atoms with Crippen molar-refractivity contribution < 1.29 is 14.8 Å². The van der Waals surface area contributed by atoms with Gasteiger partial charge in [0.2, 0.25) is 0 Å². The highest BCUT2D eigenvalue weighted by molar-refractivity contribution is 5.84. The average molecular weight is 192 g/mol. The summed E-state index contributed by atoms with van der Waals surface area (Å²) in [6.07, 6.45) is 1.68. The van der Waals surface area contributed by atoms with E-state index in [4.69, 9.17) is 5.21 Å². The first kappa shape index (κ1) is 10.4. The third kappa shape index (κ3) is 2.99. The van der Waals surface area contributed by atoms with Gasteiger partial charge in [0.25, 0.3) is 5.91 Å². The van der Waals surface area contributed by atoms with Crippen LogP contribution in [0.2, 0.25) is 0 Å². The molecule has 4 heteroatoms. The molecule has 1 radical (unpaired) electrons. The van der Waals surface area contributed by atoms with Crippen molar-refractivity contribution in [3.8, 4) is 0 Å². The highest BCUT2D eigenvalue weighted by Gasteiger charge is 2.09. The Bertz CT molecular complexity index is 310. The van der Waals surface area contributed by atoms with Gasteiger partial charge in [0.15, 0.2) is 0 Å². The van der Waals surface area contributed by atoms with Crippen molar-refractivity contribution >= 4 is 12.3 Å². The molecular weight excluding hydrogens is 182 g/mol. The molecule has 0 saturated carbocycles. The Morgan fingerprint density at radius 2 is 2.00 bits per heavy atom. The summed E-state index contributed by atoms with van der Waals surface area (Å²) in [6, 6.07) is 9.35. The third-order valence-electron chi connectivity index (χ3n) is 1.79. The number of nitrogens with zero attached hydrogens (tertiary/aromatic N) is 1. The molecule has 2 amide bonds. The van der Waals surface area contributed by atoms with Crippen molar-refractivity contribution in [1.29, 1.82) is 0 Å². The summed E-state index contributed by atoms with van der Waals surface area (Å²) in [6.45, 7) is 0. The highest BCUT2D eigenvalue weighted by Crippen LogP contribution is 2.03. The van der Waals surface area contributed by atoms with Gasteiger partial charge in [-0.1, -0.05) is 30.3 Å². The molecule has 0 saturated heterocycles. The molecule has 0 atom stereocenters. The SMILES string of the molecule is O=[C]N(O)C(=O)CCc1ccccc1. The average Bonchev–Trinajstić information content (AvgIpc) is 2.26. The first-order chi connectivity index (χ1) is 6.74. The van der Waals surface area contributed by atoms with Gasteiger partial charge in [-0.05, 0) is 12.0 Å². The number of hydrogen-bond acceptors (Lipinski definition) is 3. The minimum atomic E-state index is -0.649. The zero-order valence-electron chi connectivity index (χ0n) is 7.51. The lowest BCUT2D eigenvalue weighted by Crippen LogP contribution is -2.25. The molecule has 73 valence electrons. The summed E-state index contributed by atoms with van der Waals surface area (Å²) >= 11 is 0. The van der Waals surface area contributed by atoms with Gasteiger partial charge in [-0.25, -0.2) is 0 Å². The second kappa shape index (κ2) is 5.14. The molecule has 0 spiro atoms. The maximum Gasteiger partial charge on any atom is 0.345 e. The Morgan fingerprint density at radius 1 is 1.36 bits per heavy atom. The van der Waals surface area contributed by atoms with Crippen molar-refractivity contribution in [1.82, 2.24) is 5.06 Å². The van der Waals surface area contributed by atoms with Crippen LogP contribution in [-0.4, -0.2) is 22.6 Å². The molecule has 0 heterocycles. The second-order valence-electron chi connectivity index (χ2n) is 2.78. The van der Waals surface area contributed by atoms with Crippen molar-refractivity contribution in [3.05, 3.63) is 35.9 Å². The molecule has 1 N–H and O–H groups in total. The van der Waals surface area contributed by atoms with E-state index in [2.05, 4.69) is 0 Å². The van der Waals surface area contributed by atoms with Gasteiger partial charge in [-0.3, -0.25) is 14.8 Å². The molecule has 1 aromatic rings. The maximum absolute atomic E-state index is 11.0. The molecule has 1 aromatic carbocycles. The molecule has 0 aliphatic rings. The van der Waals surface area contributed by atoms with Crippen LogP contribution in [0.15, 0.2) is 30.3 Å². The van der Waals surface area contributed by atoms with Crippen LogP contribution < -0.4 is 0 Å². The largest absolute Gasteiger partial charge is 0.345 e. The monoisotopic (exact) mass is 192 g/mol. The molecule has 14 heavy (non-hydrogen) atoms. The number of amides is 2. The smallest absolute Gasteiger partial charge is 0.278 e. The van der Waals surface area contributed by atoms with Crippen molar-refractivity contribution in [2.24, 2.45) is 0 Å². The van der Waals surface area contributed by atoms with Gasteiger partial charge < -0.3 is 0 Å². The Labute approximate surface area is 81.7 Å². The fourth-order valence-electron chi connectivity index (χ4n) is 1.05. The quantitative estimate of drug-likeness (QED) is 0.438. The van der Waals surface area contributed by atoms with Crippen LogP contribution in [0.3, 0.4) is 0 Å². The highest BCUT2D eigenvalue weighted by atomic mass is 16.5. The van der Waals surface area contributed by atoms with Crippen molar-refractivity contribution in [3.63, 3.8) is 0 Å². The predicted molar refractivity (Wildman–Crippen MR) is 49.1 cm³/mol. The summed E-state index contributed by atoms with van der Waals surface area (Å²) in [5, 5.41) is 8.61. The van der Waals surface area contributed by atoms with E-state index < -0.39 is 5.91 Å². The van der Waals surface area contributed by atoms with Crippen LogP contribution in [0, 0.1) is 0 Å². The van der Waals surface area contributed by atoms with Crippen LogP contribution in [0.5, 0.6) is 0 Å². The molecule has 1 rings (SSSR count). The summed E-state index contributed by atoms with van der Waals surface area (Å²) in [5.41, 5.74) is 0.986. The van der Waals surface area contributed by atoms with E-state index in [-0.39, 0.29) is 11.5 Å². The molecular formula is C10H10NO3. The van der Waals surface area contributed by atoms with E-state index >= 15 is 0 Å². The molecule has 0 aliphatic carbocycles. The van der Waals surface area contributed by atoms with Gasteiger partial charge in [0.05, 0.1) is 0 Å². The lowest BCUT2D eigenvalue weighted by Gasteiger charge is -2.04. The fraction of sp³-hybridized carbons (Fsp3) is 0.200. The van der Waals surface area contributed by atoms with Gasteiger partial charge in [-0.15, -0.1) is 5.06 Å². The van der Waals surface area contributed by atoms with Crippen LogP contribution in [-0.2, 0) is 16.0 Å². The molecule has 0 fully saturated rings. The number of benzene rings is 1. The predicted octanol–water partition coefficient (Wildman–Crippen LogP) is 0.904. The van der Waals surface area contributed by atoms with E-state index in [9.17, 15) is 9.59 Å². The van der Waals surface area contributed by atoms with E-state index in [1.165, 1.54) is 0 Å². The number of carbonyl (C=O) groups is 1. The first-order valence-corrected chi connectivity index (χ1v) is 4.17. The number of aryl methyl sites for hydroxylation is 1. The summed E-state index contributed by atoms with van der Waals surface area (Å²) in [7, 11) is 0. The second-order valence-corrected chi connectivity index (χ2v) is 2.78. The summed E-state index contributed by atoms with van der Waals surface area (Å²) < 4.78 is 0. The molecule has 0 bridgehead atoms. The van der Waals surface area contributed by atoms with Gasteiger partial charge in [-0.2, -0.15) is 0 Å². The normalized spacial score (nSPS) is 9.50. The van der Waals surface area contributed by atoms with Gasteiger partial charge in [0.1, 0.15) is 0 Å².